The summed E-state index contributed by atoms with van der Waals surface area (Å²) in [5, 5.41) is 8.83. The lowest BCUT2D eigenvalue weighted by Gasteiger charge is -2.09. The Balaban J connectivity index is 1.79. The van der Waals surface area contributed by atoms with Crippen LogP contribution in [0.1, 0.15) is 15.9 Å². The summed E-state index contributed by atoms with van der Waals surface area (Å²) in [6.45, 7) is 0.0800. The van der Waals surface area contributed by atoms with Gasteiger partial charge in [0.25, 0.3) is 5.91 Å². The summed E-state index contributed by atoms with van der Waals surface area (Å²) < 4.78 is 23.1. The minimum atomic E-state index is -3.82. The molecular formula is C16H15N3O3S. The van der Waals surface area contributed by atoms with Gasteiger partial charge in [-0.3, -0.25) is 4.79 Å². The quantitative estimate of drug-likeness (QED) is 0.679. The molecule has 0 saturated carbocycles. The van der Waals surface area contributed by atoms with E-state index in [1.165, 1.54) is 6.07 Å². The van der Waals surface area contributed by atoms with Crippen LogP contribution < -0.4 is 10.5 Å². The second kappa shape index (κ2) is 5.86. The number of hydrogen-bond donors (Lipinski definition) is 3. The zero-order chi connectivity index (χ0) is 16.4. The highest BCUT2D eigenvalue weighted by Crippen LogP contribution is 2.16. The number of aromatic amines is 1. The highest BCUT2D eigenvalue weighted by Gasteiger charge is 2.14. The molecule has 3 rings (SSSR count). The first kappa shape index (κ1) is 15.3. The molecule has 0 unspecified atom stereocenters. The zero-order valence-electron chi connectivity index (χ0n) is 12.1. The molecule has 3 aromatic rings. The van der Waals surface area contributed by atoms with E-state index in [1.54, 1.807) is 36.5 Å². The molecule has 6 nitrogen and oxygen atoms in total. The molecule has 118 valence electrons. The van der Waals surface area contributed by atoms with Gasteiger partial charge in [-0.1, -0.05) is 18.2 Å². The lowest BCUT2D eigenvalue weighted by atomic mass is 10.1. The van der Waals surface area contributed by atoms with Gasteiger partial charge >= 0.3 is 0 Å². The van der Waals surface area contributed by atoms with E-state index in [0.717, 1.165) is 10.9 Å². The maximum absolute atomic E-state index is 12.2. The molecule has 0 aliphatic rings. The summed E-state index contributed by atoms with van der Waals surface area (Å²) in [5.74, 6) is -0.280. The lowest BCUT2D eigenvalue weighted by Crippen LogP contribution is -2.24. The number of sulfonamides is 1. The first-order valence-electron chi connectivity index (χ1n) is 6.91. The number of primary sulfonamides is 1. The Morgan fingerprint density at radius 1 is 1.13 bits per heavy atom. The second-order valence-electron chi connectivity index (χ2n) is 5.12. The fourth-order valence-corrected chi connectivity index (χ4v) is 3.17. The van der Waals surface area contributed by atoms with E-state index in [-0.39, 0.29) is 17.3 Å². The summed E-state index contributed by atoms with van der Waals surface area (Å²) in [4.78, 5) is 15.3. The first-order chi connectivity index (χ1) is 10.9. The van der Waals surface area contributed by atoms with E-state index in [9.17, 15) is 13.2 Å². The monoisotopic (exact) mass is 329 g/mol. The predicted molar refractivity (Wildman–Crippen MR) is 87.3 cm³/mol. The van der Waals surface area contributed by atoms with Crippen molar-refractivity contribution in [3.05, 3.63) is 65.9 Å². The lowest BCUT2D eigenvalue weighted by molar-refractivity contribution is 0.0950. The SMILES string of the molecule is NS(=O)(=O)c1ccccc1CNC(=O)c1ccc2[nH]ccc2c1. The Morgan fingerprint density at radius 3 is 2.70 bits per heavy atom. The summed E-state index contributed by atoms with van der Waals surface area (Å²) in [5.41, 5.74) is 1.90. The van der Waals surface area contributed by atoms with Crippen LogP contribution in [-0.4, -0.2) is 19.3 Å². The Hall–Kier alpha value is -2.64. The zero-order valence-corrected chi connectivity index (χ0v) is 12.9. The Bertz CT molecular complexity index is 977. The number of nitrogens with two attached hydrogens (primary N) is 1. The molecule has 0 saturated heterocycles. The van der Waals surface area contributed by atoms with Crippen molar-refractivity contribution in [1.29, 1.82) is 0 Å². The van der Waals surface area contributed by atoms with Crippen LogP contribution in [0.2, 0.25) is 0 Å². The van der Waals surface area contributed by atoms with Gasteiger partial charge in [0.15, 0.2) is 0 Å². The Labute approximate surface area is 133 Å². The van der Waals surface area contributed by atoms with Crippen molar-refractivity contribution in [2.45, 2.75) is 11.4 Å². The molecule has 0 bridgehead atoms. The van der Waals surface area contributed by atoms with Crippen molar-refractivity contribution >= 4 is 26.8 Å². The number of nitrogens with one attached hydrogen (secondary N) is 2. The molecule has 2 aromatic carbocycles. The van der Waals surface area contributed by atoms with Crippen LogP contribution >= 0.6 is 0 Å². The summed E-state index contributed by atoms with van der Waals surface area (Å²) in [6, 6.07) is 13.5. The third kappa shape index (κ3) is 3.25. The van der Waals surface area contributed by atoms with E-state index < -0.39 is 10.0 Å². The maximum Gasteiger partial charge on any atom is 0.251 e. The normalized spacial score (nSPS) is 11.5. The summed E-state index contributed by atoms with van der Waals surface area (Å²) in [6.07, 6.45) is 1.80. The molecule has 0 radical (unpaired) electrons. The van der Waals surface area contributed by atoms with Gasteiger partial charge in [0.05, 0.1) is 4.90 Å². The summed E-state index contributed by atoms with van der Waals surface area (Å²) in [7, 11) is -3.82. The molecule has 0 aliphatic heterocycles. The Kier molecular flexibility index (Phi) is 3.89. The highest BCUT2D eigenvalue weighted by atomic mass is 32.2. The summed E-state index contributed by atoms with van der Waals surface area (Å²) >= 11 is 0. The van der Waals surface area contributed by atoms with Crippen LogP contribution in [0.3, 0.4) is 0 Å². The second-order valence-corrected chi connectivity index (χ2v) is 6.64. The molecule has 1 heterocycles. The van der Waals surface area contributed by atoms with Crippen LogP contribution in [0, 0.1) is 0 Å². The van der Waals surface area contributed by atoms with Crippen molar-refractivity contribution in [1.82, 2.24) is 10.3 Å². The molecule has 0 aliphatic carbocycles. The minimum absolute atomic E-state index is 0.0152. The molecule has 23 heavy (non-hydrogen) atoms. The third-order valence-corrected chi connectivity index (χ3v) is 4.55. The average molecular weight is 329 g/mol. The third-order valence-electron chi connectivity index (χ3n) is 3.53. The Morgan fingerprint density at radius 2 is 1.91 bits per heavy atom. The predicted octanol–water partition coefficient (Wildman–Crippen LogP) is 1.75. The van der Waals surface area contributed by atoms with E-state index in [0.29, 0.717) is 11.1 Å². The number of hydrogen-bond acceptors (Lipinski definition) is 3. The molecule has 1 amide bonds. The van der Waals surface area contributed by atoms with Crippen LogP contribution in [-0.2, 0) is 16.6 Å². The molecule has 1 aromatic heterocycles. The minimum Gasteiger partial charge on any atom is -0.361 e. The van der Waals surface area contributed by atoms with E-state index >= 15 is 0 Å². The molecule has 7 heteroatoms. The number of aromatic nitrogens is 1. The van der Waals surface area contributed by atoms with E-state index in [1.807, 2.05) is 12.1 Å². The van der Waals surface area contributed by atoms with Gasteiger partial charge in [0.1, 0.15) is 0 Å². The van der Waals surface area contributed by atoms with Crippen molar-refractivity contribution in [2.75, 3.05) is 0 Å². The fourth-order valence-electron chi connectivity index (χ4n) is 2.40. The molecule has 4 N–H and O–H groups in total. The number of rotatable bonds is 4. The average Bonchev–Trinajstić information content (AvgIpc) is 2.99. The number of benzene rings is 2. The van der Waals surface area contributed by atoms with Gasteiger partial charge in [-0.05, 0) is 35.9 Å². The van der Waals surface area contributed by atoms with Gasteiger partial charge in [-0.25, -0.2) is 13.6 Å². The van der Waals surface area contributed by atoms with Crippen molar-refractivity contribution in [3.63, 3.8) is 0 Å². The van der Waals surface area contributed by atoms with Crippen LogP contribution in [0.5, 0.6) is 0 Å². The van der Waals surface area contributed by atoms with Crippen LogP contribution in [0.25, 0.3) is 10.9 Å². The first-order valence-corrected chi connectivity index (χ1v) is 8.46. The van der Waals surface area contributed by atoms with Crippen molar-refractivity contribution in [3.8, 4) is 0 Å². The number of carbonyl (C=O) groups is 1. The molecule has 0 fully saturated rings. The number of carbonyl (C=O) groups excluding carboxylic acids is 1. The number of amides is 1. The van der Waals surface area contributed by atoms with E-state index in [2.05, 4.69) is 10.3 Å². The highest BCUT2D eigenvalue weighted by molar-refractivity contribution is 7.89. The number of fused-ring (bicyclic) bond motifs is 1. The van der Waals surface area contributed by atoms with Crippen molar-refractivity contribution in [2.24, 2.45) is 5.14 Å². The van der Waals surface area contributed by atoms with E-state index in [4.69, 9.17) is 5.14 Å². The van der Waals surface area contributed by atoms with Gasteiger partial charge in [-0.15, -0.1) is 0 Å². The standard InChI is InChI=1S/C16H15N3O3S/c17-23(21,22)15-4-2-1-3-13(15)10-19-16(20)12-5-6-14-11(9-12)7-8-18-14/h1-9,18H,10H2,(H,19,20)(H2,17,21,22). The van der Waals surface area contributed by atoms with Gasteiger partial charge in [0.2, 0.25) is 10.0 Å². The largest absolute Gasteiger partial charge is 0.361 e. The van der Waals surface area contributed by atoms with Crippen LogP contribution in [0.15, 0.2) is 59.6 Å². The van der Waals surface area contributed by atoms with Crippen LogP contribution in [0.4, 0.5) is 0 Å². The van der Waals surface area contributed by atoms with Gasteiger partial charge < -0.3 is 10.3 Å². The fraction of sp³-hybridized carbons (Fsp3) is 0.0625. The molecule has 0 atom stereocenters. The number of H-pyrrole nitrogens is 1. The maximum atomic E-state index is 12.2. The topological polar surface area (TPSA) is 105 Å². The molecular weight excluding hydrogens is 314 g/mol. The smallest absolute Gasteiger partial charge is 0.251 e. The van der Waals surface area contributed by atoms with Crippen molar-refractivity contribution < 1.29 is 13.2 Å². The van der Waals surface area contributed by atoms with Gasteiger partial charge in [-0.2, -0.15) is 0 Å². The molecule has 0 spiro atoms. The van der Waals surface area contributed by atoms with Gasteiger partial charge in [0, 0.05) is 29.2 Å².